The van der Waals surface area contributed by atoms with E-state index in [2.05, 4.69) is 0 Å². The third kappa shape index (κ3) is 5.70. The Hall–Kier alpha value is -1.76. The van der Waals surface area contributed by atoms with Crippen molar-refractivity contribution in [3.05, 3.63) is 34.4 Å². The minimum Gasteiger partial charge on any atom is -0.444 e. The Balaban J connectivity index is 1.75. The molecule has 132 valence electrons. The first-order valence-electron chi connectivity index (χ1n) is 8.10. The van der Waals surface area contributed by atoms with Gasteiger partial charge in [0.1, 0.15) is 5.60 Å². The average molecular weight is 352 g/mol. The summed E-state index contributed by atoms with van der Waals surface area (Å²) in [6, 6.07) is 6.65. The first kappa shape index (κ1) is 18.6. The fraction of sp³-hybridized carbons (Fsp3) is 0.588. The Morgan fingerprint density at radius 3 is 2.38 bits per heavy atom. The van der Waals surface area contributed by atoms with E-state index in [1.54, 1.807) is 28.8 Å². The zero-order valence-corrected chi connectivity index (χ0v) is 15.2. The average Bonchev–Trinajstić information content (AvgIpc) is 2.52. The van der Waals surface area contributed by atoms with Gasteiger partial charge in [-0.1, -0.05) is 0 Å². The van der Waals surface area contributed by atoms with E-state index >= 15 is 0 Å². The largest absolute Gasteiger partial charge is 0.444 e. The van der Waals surface area contributed by atoms with E-state index in [1.165, 1.54) is 12.1 Å². The molecule has 6 nitrogen and oxygen atoms in total. The van der Waals surface area contributed by atoms with Crippen molar-refractivity contribution < 1.29 is 14.5 Å². The molecule has 24 heavy (non-hydrogen) atoms. The molecule has 1 aliphatic rings. The van der Waals surface area contributed by atoms with Crippen LogP contribution in [-0.2, 0) is 4.74 Å². The summed E-state index contributed by atoms with van der Waals surface area (Å²) in [7, 11) is 0. The van der Waals surface area contributed by atoms with Crippen LogP contribution in [0.3, 0.4) is 0 Å². The van der Waals surface area contributed by atoms with Gasteiger partial charge in [-0.2, -0.15) is 0 Å². The van der Waals surface area contributed by atoms with Gasteiger partial charge in [0, 0.05) is 35.9 Å². The summed E-state index contributed by atoms with van der Waals surface area (Å²) in [6.07, 6.45) is 1.68. The van der Waals surface area contributed by atoms with E-state index in [-0.39, 0.29) is 16.7 Å². The third-order valence-electron chi connectivity index (χ3n) is 3.80. The van der Waals surface area contributed by atoms with Gasteiger partial charge in [-0.05, 0) is 51.7 Å². The maximum atomic E-state index is 12.0. The van der Waals surface area contributed by atoms with Crippen molar-refractivity contribution in [2.75, 3.05) is 18.8 Å². The van der Waals surface area contributed by atoms with Gasteiger partial charge in [-0.3, -0.25) is 10.1 Å². The number of thioether (sulfide) groups is 1. The summed E-state index contributed by atoms with van der Waals surface area (Å²) >= 11 is 1.71. The molecule has 1 fully saturated rings. The van der Waals surface area contributed by atoms with E-state index in [0.717, 1.165) is 36.6 Å². The lowest BCUT2D eigenvalue weighted by Crippen LogP contribution is -2.42. The molecular weight excluding hydrogens is 328 g/mol. The Labute approximate surface area is 146 Å². The molecule has 0 bridgehead atoms. The van der Waals surface area contributed by atoms with Gasteiger partial charge in [0.15, 0.2) is 0 Å². The summed E-state index contributed by atoms with van der Waals surface area (Å²) in [5, 5.41) is 10.6. The Morgan fingerprint density at radius 2 is 1.88 bits per heavy atom. The van der Waals surface area contributed by atoms with Crippen LogP contribution in [0.25, 0.3) is 0 Å². The van der Waals surface area contributed by atoms with Crippen molar-refractivity contribution >= 4 is 23.5 Å². The van der Waals surface area contributed by atoms with Gasteiger partial charge in [0.2, 0.25) is 0 Å². The summed E-state index contributed by atoms with van der Waals surface area (Å²) in [6.45, 7) is 7.07. The minimum absolute atomic E-state index is 0.116. The molecule has 1 aromatic carbocycles. The SMILES string of the molecule is CC(C)(C)OC(=O)N1CCC(CSc2ccc([N+](=O)[O-])cc2)CC1. The van der Waals surface area contributed by atoms with E-state index in [9.17, 15) is 14.9 Å². The molecule has 2 rings (SSSR count). The molecule has 1 amide bonds. The standard InChI is InChI=1S/C17H24N2O4S/c1-17(2,3)23-16(20)18-10-8-13(9-11-18)12-24-15-6-4-14(5-7-15)19(21)22/h4-7,13H,8-12H2,1-3H3. The van der Waals surface area contributed by atoms with Crippen LogP contribution in [0.2, 0.25) is 0 Å². The lowest BCUT2D eigenvalue weighted by molar-refractivity contribution is -0.384. The number of carbonyl (C=O) groups is 1. The number of likely N-dealkylation sites (tertiary alicyclic amines) is 1. The van der Waals surface area contributed by atoms with E-state index in [1.807, 2.05) is 20.8 Å². The fourth-order valence-electron chi connectivity index (χ4n) is 2.49. The zero-order valence-electron chi connectivity index (χ0n) is 14.4. The van der Waals surface area contributed by atoms with Crippen LogP contribution in [-0.4, -0.2) is 40.4 Å². The van der Waals surface area contributed by atoms with Gasteiger partial charge in [0.25, 0.3) is 5.69 Å². The highest BCUT2D eigenvalue weighted by Gasteiger charge is 2.26. The number of hydrogen-bond donors (Lipinski definition) is 0. The van der Waals surface area contributed by atoms with Crippen LogP contribution in [0.1, 0.15) is 33.6 Å². The van der Waals surface area contributed by atoms with Gasteiger partial charge >= 0.3 is 6.09 Å². The second-order valence-corrected chi connectivity index (χ2v) is 8.07. The number of hydrogen-bond acceptors (Lipinski definition) is 5. The predicted molar refractivity (Wildman–Crippen MR) is 94.4 cm³/mol. The van der Waals surface area contributed by atoms with Crippen molar-refractivity contribution in [2.45, 2.75) is 44.1 Å². The third-order valence-corrected chi connectivity index (χ3v) is 5.04. The Bertz CT molecular complexity index is 575. The molecule has 0 atom stereocenters. The van der Waals surface area contributed by atoms with Crippen LogP contribution >= 0.6 is 11.8 Å². The number of piperidine rings is 1. The smallest absolute Gasteiger partial charge is 0.410 e. The number of amides is 1. The number of nitro benzene ring substituents is 1. The number of ether oxygens (including phenoxy) is 1. The van der Waals surface area contributed by atoms with Crippen LogP contribution < -0.4 is 0 Å². The first-order valence-corrected chi connectivity index (χ1v) is 9.08. The van der Waals surface area contributed by atoms with Crippen LogP contribution in [0, 0.1) is 16.0 Å². The van der Waals surface area contributed by atoms with Gasteiger partial charge < -0.3 is 9.64 Å². The molecule has 1 aromatic rings. The number of rotatable bonds is 4. The molecule has 0 unspecified atom stereocenters. The molecule has 0 spiro atoms. The number of benzene rings is 1. The van der Waals surface area contributed by atoms with E-state index < -0.39 is 5.60 Å². The molecule has 1 saturated heterocycles. The normalized spacial score (nSPS) is 16.0. The topological polar surface area (TPSA) is 72.7 Å². The zero-order chi connectivity index (χ0) is 17.7. The maximum Gasteiger partial charge on any atom is 0.410 e. The van der Waals surface area contributed by atoms with Crippen molar-refractivity contribution in [3.63, 3.8) is 0 Å². The number of nitrogens with zero attached hydrogens (tertiary/aromatic N) is 2. The lowest BCUT2D eigenvalue weighted by Gasteiger charge is -2.33. The molecule has 0 radical (unpaired) electrons. The summed E-state index contributed by atoms with van der Waals surface area (Å²) < 4.78 is 5.40. The van der Waals surface area contributed by atoms with Gasteiger partial charge in [-0.25, -0.2) is 4.79 Å². The monoisotopic (exact) mass is 352 g/mol. The highest BCUT2D eigenvalue weighted by molar-refractivity contribution is 7.99. The molecular formula is C17H24N2O4S. The Kier molecular flexibility index (Phi) is 6.10. The molecule has 0 aromatic heterocycles. The number of nitro groups is 1. The highest BCUT2D eigenvalue weighted by atomic mass is 32.2. The molecule has 1 aliphatic heterocycles. The Morgan fingerprint density at radius 1 is 1.29 bits per heavy atom. The van der Waals surface area contributed by atoms with Crippen LogP contribution in [0.5, 0.6) is 0 Å². The first-order chi connectivity index (χ1) is 11.2. The lowest BCUT2D eigenvalue weighted by atomic mass is 9.99. The van der Waals surface area contributed by atoms with E-state index in [4.69, 9.17) is 4.74 Å². The van der Waals surface area contributed by atoms with Gasteiger partial charge in [0.05, 0.1) is 4.92 Å². The van der Waals surface area contributed by atoms with Crippen LogP contribution in [0.4, 0.5) is 10.5 Å². The molecule has 7 heteroatoms. The summed E-state index contributed by atoms with van der Waals surface area (Å²) in [5.41, 5.74) is -0.343. The van der Waals surface area contributed by atoms with Crippen molar-refractivity contribution in [2.24, 2.45) is 5.92 Å². The predicted octanol–water partition coefficient (Wildman–Crippen LogP) is 4.33. The minimum atomic E-state index is -0.459. The van der Waals surface area contributed by atoms with Crippen molar-refractivity contribution in [1.82, 2.24) is 4.90 Å². The summed E-state index contributed by atoms with van der Waals surface area (Å²) in [5.74, 6) is 1.50. The second-order valence-electron chi connectivity index (χ2n) is 6.97. The summed E-state index contributed by atoms with van der Waals surface area (Å²) in [4.78, 5) is 25.1. The molecule has 0 N–H and O–H groups in total. The van der Waals surface area contributed by atoms with Crippen LogP contribution in [0.15, 0.2) is 29.2 Å². The van der Waals surface area contributed by atoms with E-state index in [0.29, 0.717) is 5.92 Å². The number of non-ortho nitro benzene ring substituents is 1. The fourth-order valence-corrected chi connectivity index (χ4v) is 3.58. The highest BCUT2D eigenvalue weighted by Crippen LogP contribution is 2.28. The quantitative estimate of drug-likeness (QED) is 0.458. The molecule has 0 aliphatic carbocycles. The molecule has 0 saturated carbocycles. The van der Waals surface area contributed by atoms with Crippen molar-refractivity contribution in [3.8, 4) is 0 Å². The van der Waals surface area contributed by atoms with Gasteiger partial charge in [-0.15, -0.1) is 11.8 Å². The van der Waals surface area contributed by atoms with Crippen molar-refractivity contribution in [1.29, 1.82) is 0 Å². The second kappa shape index (κ2) is 7.88. The maximum absolute atomic E-state index is 12.0. The number of carbonyl (C=O) groups excluding carboxylic acids is 1. The molecule has 1 heterocycles.